The summed E-state index contributed by atoms with van der Waals surface area (Å²) in [6, 6.07) is 13.3. The maximum atomic E-state index is 12.3. The standard InChI is InChI=1S/C19H19N3O4S2/c1-13-4-3-5-16(12-13)26-14(2)18(23)21-15-6-8-17(9-7-15)28(24,25)22-19-20-10-11-27-19/h3-12,14H,1-2H3,(H,20,22)(H,21,23)/t14-/m1/s1. The van der Waals surface area contributed by atoms with Crippen LogP contribution < -0.4 is 14.8 Å². The highest BCUT2D eigenvalue weighted by atomic mass is 32.2. The molecule has 0 aliphatic rings. The normalized spacial score (nSPS) is 12.2. The quantitative estimate of drug-likeness (QED) is 0.611. The van der Waals surface area contributed by atoms with Gasteiger partial charge in [-0.3, -0.25) is 9.52 Å². The average molecular weight is 418 g/mol. The zero-order chi connectivity index (χ0) is 20.1. The molecule has 0 saturated carbocycles. The Kier molecular flexibility index (Phi) is 5.96. The number of sulfonamides is 1. The molecular weight excluding hydrogens is 398 g/mol. The molecular formula is C19H19N3O4S2. The maximum absolute atomic E-state index is 12.3. The van der Waals surface area contributed by atoms with Crippen LogP contribution in [0.1, 0.15) is 12.5 Å². The molecule has 0 radical (unpaired) electrons. The zero-order valence-corrected chi connectivity index (χ0v) is 16.9. The first-order valence-electron chi connectivity index (χ1n) is 8.40. The van der Waals surface area contributed by atoms with Crippen LogP contribution >= 0.6 is 11.3 Å². The fourth-order valence-electron chi connectivity index (χ4n) is 2.36. The summed E-state index contributed by atoms with van der Waals surface area (Å²) in [4.78, 5) is 16.3. The third-order valence-electron chi connectivity index (χ3n) is 3.76. The van der Waals surface area contributed by atoms with E-state index >= 15 is 0 Å². The highest BCUT2D eigenvalue weighted by molar-refractivity contribution is 7.93. The fraction of sp³-hybridized carbons (Fsp3) is 0.158. The minimum atomic E-state index is -3.73. The van der Waals surface area contributed by atoms with Gasteiger partial charge in [-0.2, -0.15) is 0 Å². The van der Waals surface area contributed by atoms with Crippen molar-refractivity contribution in [3.63, 3.8) is 0 Å². The number of nitrogens with one attached hydrogen (secondary N) is 2. The molecule has 1 aromatic heterocycles. The molecule has 1 heterocycles. The summed E-state index contributed by atoms with van der Waals surface area (Å²) in [5.41, 5.74) is 1.51. The highest BCUT2D eigenvalue weighted by Gasteiger charge is 2.17. The molecule has 3 aromatic rings. The average Bonchev–Trinajstić information content (AvgIpc) is 3.14. The van der Waals surface area contributed by atoms with Crippen molar-refractivity contribution < 1.29 is 17.9 Å². The van der Waals surface area contributed by atoms with Crippen LogP contribution in [-0.2, 0) is 14.8 Å². The minimum absolute atomic E-state index is 0.0739. The van der Waals surface area contributed by atoms with Crippen molar-refractivity contribution in [2.24, 2.45) is 0 Å². The molecule has 7 nitrogen and oxygen atoms in total. The predicted octanol–water partition coefficient (Wildman–Crippen LogP) is 3.66. The Morgan fingerprint density at radius 2 is 1.93 bits per heavy atom. The van der Waals surface area contributed by atoms with Crippen LogP contribution in [0.4, 0.5) is 10.8 Å². The van der Waals surface area contributed by atoms with Crippen LogP contribution in [0.5, 0.6) is 5.75 Å². The molecule has 1 amide bonds. The van der Waals surface area contributed by atoms with Crippen LogP contribution in [0.2, 0.25) is 0 Å². The van der Waals surface area contributed by atoms with E-state index in [0.717, 1.165) is 5.56 Å². The summed E-state index contributed by atoms with van der Waals surface area (Å²) in [6.07, 6.45) is 0.804. The van der Waals surface area contributed by atoms with Crippen LogP contribution in [0, 0.1) is 6.92 Å². The molecule has 9 heteroatoms. The molecule has 0 aliphatic heterocycles. The van der Waals surface area contributed by atoms with E-state index in [1.54, 1.807) is 18.4 Å². The van der Waals surface area contributed by atoms with Crippen LogP contribution in [0.15, 0.2) is 65.0 Å². The number of anilines is 2. The molecule has 2 aromatic carbocycles. The molecule has 0 aliphatic carbocycles. The van der Waals surface area contributed by atoms with E-state index in [1.165, 1.54) is 41.8 Å². The van der Waals surface area contributed by atoms with Gasteiger partial charge in [0, 0.05) is 17.3 Å². The van der Waals surface area contributed by atoms with Crippen molar-refractivity contribution in [3.8, 4) is 5.75 Å². The molecule has 0 unspecified atom stereocenters. The monoisotopic (exact) mass is 417 g/mol. The summed E-state index contributed by atoms with van der Waals surface area (Å²) < 4.78 is 32.7. The van der Waals surface area contributed by atoms with E-state index in [-0.39, 0.29) is 10.8 Å². The number of amides is 1. The van der Waals surface area contributed by atoms with Gasteiger partial charge in [0.2, 0.25) is 0 Å². The van der Waals surface area contributed by atoms with Crippen molar-refractivity contribution in [1.82, 2.24) is 4.98 Å². The van der Waals surface area contributed by atoms with Crippen molar-refractivity contribution >= 4 is 38.1 Å². The number of carbonyl (C=O) groups is 1. The number of benzene rings is 2. The summed E-state index contributed by atoms with van der Waals surface area (Å²) in [6.45, 7) is 3.59. The summed E-state index contributed by atoms with van der Waals surface area (Å²) in [5, 5.41) is 4.68. The summed E-state index contributed by atoms with van der Waals surface area (Å²) in [5.74, 6) is 0.273. The Balaban J connectivity index is 1.62. The largest absolute Gasteiger partial charge is 0.481 e. The first kappa shape index (κ1) is 19.8. The number of hydrogen-bond donors (Lipinski definition) is 2. The summed E-state index contributed by atoms with van der Waals surface area (Å²) >= 11 is 1.19. The lowest BCUT2D eigenvalue weighted by molar-refractivity contribution is -0.122. The van der Waals surface area contributed by atoms with Gasteiger partial charge in [0.05, 0.1) is 4.90 Å². The molecule has 0 bridgehead atoms. The van der Waals surface area contributed by atoms with Crippen LogP contribution in [0.3, 0.4) is 0 Å². The Hall–Kier alpha value is -2.91. The first-order valence-corrected chi connectivity index (χ1v) is 10.8. The smallest absolute Gasteiger partial charge is 0.265 e. The second-order valence-electron chi connectivity index (χ2n) is 6.03. The molecule has 3 rings (SSSR count). The second-order valence-corrected chi connectivity index (χ2v) is 8.61. The molecule has 0 fully saturated rings. The lowest BCUT2D eigenvalue weighted by atomic mass is 10.2. The molecule has 146 valence electrons. The Morgan fingerprint density at radius 3 is 2.57 bits per heavy atom. The number of ether oxygens (including phenoxy) is 1. The minimum Gasteiger partial charge on any atom is -0.481 e. The van der Waals surface area contributed by atoms with Crippen molar-refractivity contribution in [3.05, 3.63) is 65.7 Å². The van der Waals surface area contributed by atoms with Gasteiger partial charge in [0.25, 0.3) is 15.9 Å². The van der Waals surface area contributed by atoms with Gasteiger partial charge in [-0.1, -0.05) is 12.1 Å². The summed E-state index contributed by atoms with van der Waals surface area (Å²) in [7, 11) is -3.73. The third kappa shape index (κ3) is 5.08. The molecule has 28 heavy (non-hydrogen) atoms. The second kappa shape index (κ2) is 8.41. The van der Waals surface area contributed by atoms with E-state index in [1.807, 2.05) is 25.1 Å². The number of aryl methyl sites for hydroxylation is 1. The lowest BCUT2D eigenvalue weighted by Gasteiger charge is -2.15. The van der Waals surface area contributed by atoms with Gasteiger partial charge in [-0.25, -0.2) is 13.4 Å². The Morgan fingerprint density at radius 1 is 1.18 bits per heavy atom. The molecule has 0 spiro atoms. The number of aromatic nitrogens is 1. The topological polar surface area (TPSA) is 97.4 Å². The SMILES string of the molecule is Cc1cccc(O[C@H](C)C(=O)Nc2ccc(S(=O)(=O)Nc3nccs3)cc2)c1. The predicted molar refractivity (Wildman–Crippen MR) is 109 cm³/mol. The van der Waals surface area contributed by atoms with E-state index in [4.69, 9.17) is 4.74 Å². The number of rotatable bonds is 7. The van der Waals surface area contributed by atoms with Gasteiger partial charge in [0.15, 0.2) is 11.2 Å². The number of thiazole rings is 1. The maximum Gasteiger partial charge on any atom is 0.265 e. The van der Waals surface area contributed by atoms with Crippen molar-refractivity contribution in [2.75, 3.05) is 10.0 Å². The van der Waals surface area contributed by atoms with Gasteiger partial charge in [-0.15, -0.1) is 11.3 Å². The van der Waals surface area contributed by atoms with E-state index in [2.05, 4.69) is 15.0 Å². The van der Waals surface area contributed by atoms with Crippen LogP contribution in [-0.4, -0.2) is 25.4 Å². The first-order chi connectivity index (χ1) is 13.3. The lowest BCUT2D eigenvalue weighted by Crippen LogP contribution is -2.30. The molecule has 0 saturated heterocycles. The molecule has 1 atom stereocenters. The van der Waals surface area contributed by atoms with Gasteiger partial charge in [0.1, 0.15) is 5.75 Å². The van der Waals surface area contributed by atoms with Gasteiger partial charge >= 0.3 is 0 Å². The van der Waals surface area contributed by atoms with Crippen LogP contribution in [0.25, 0.3) is 0 Å². The zero-order valence-electron chi connectivity index (χ0n) is 15.2. The molecule has 2 N–H and O–H groups in total. The third-order valence-corrected chi connectivity index (χ3v) is 5.93. The number of hydrogen-bond acceptors (Lipinski definition) is 6. The number of carbonyl (C=O) groups excluding carboxylic acids is 1. The van der Waals surface area contributed by atoms with E-state index in [0.29, 0.717) is 16.6 Å². The van der Waals surface area contributed by atoms with Gasteiger partial charge < -0.3 is 10.1 Å². The van der Waals surface area contributed by atoms with Crippen molar-refractivity contribution in [1.29, 1.82) is 0 Å². The fourth-order valence-corrected chi connectivity index (χ4v) is 4.14. The Bertz CT molecular complexity index is 1050. The van der Waals surface area contributed by atoms with E-state index in [9.17, 15) is 13.2 Å². The Labute approximate surface area is 167 Å². The highest BCUT2D eigenvalue weighted by Crippen LogP contribution is 2.20. The van der Waals surface area contributed by atoms with Gasteiger partial charge in [-0.05, 0) is 55.8 Å². The van der Waals surface area contributed by atoms with Crippen molar-refractivity contribution in [2.45, 2.75) is 24.8 Å². The van der Waals surface area contributed by atoms with E-state index < -0.39 is 16.1 Å². The number of nitrogens with zero attached hydrogens (tertiary/aromatic N) is 1.